The van der Waals surface area contributed by atoms with Gasteiger partial charge < -0.3 is 5.11 Å². The van der Waals surface area contributed by atoms with Crippen LogP contribution in [0, 0.1) is 5.82 Å². The summed E-state index contributed by atoms with van der Waals surface area (Å²) in [6.07, 6.45) is -4.94. The average Bonchev–Trinajstić information content (AvgIpc) is 2.53. The zero-order chi connectivity index (χ0) is 18.0. The monoisotopic (exact) mass is 346 g/mol. The van der Waals surface area contributed by atoms with Crippen molar-refractivity contribution in [3.63, 3.8) is 0 Å². The molecule has 128 valence electrons. The van der Waals surface area contributed by atoms with Gasteiger partial charge in [0.05, 0.1) is 0 Å². The Morgan fingerprint density at radius 3 is 1.88 bits per heavy atom. The minimum atomic E-state index is -6.08. The van der Waals surface area contributed by atoms with E-state index in [1.54, 1.807) is 6.07 Å². The highest BCUT2D eigenvalue weighted by Crippen LogP contribution is 2.49. The van der Waals surface area contributed by atoms with E-state index in [1.807, 2.05) is 0 Å². The molecule has 0 aliphatic carbocycles. The van der Waals surface area contributed by atoms with Gasteiger partial charge in [-0.05, 0) is 17.7 Å². The largest absolute Gasteiger partial charge is 0.457 e. The molecule has 1 nitrogen and oxygen atoms in total. The van der Waals surface area contributed by atoms with Crippen LogP contribution in [-0.4, -0.2) is 17.2 Å². The smallest absolute Gasteiger partial charge is 0.374 e. The molecule has 0 aliphatic heterocycles. The summed E-state index contributed by atoms with van der Waals surface area (Å²) >= 11 is 0. The molecule has 1 N–H and O–H groups in total. The SMILES string of the molecule is OC(/C=C/c1ccccc1)(c1ccccc1F)C(F)(F)C(F)(F)F. The maximum atomic E-state index is 14.0. The van der Waals surface area contributed by atoms with Gasteiger partial charge in [-0.15, -0.1) is 0 Å². The lowest BCUT2D eigenvalue weighted by Crippen LogP contribution is -2.54. The molecule has 0 radical (unpaired) electrons. The molecule has 0 amide bonds. The van der Waals surface area contributed by atoms with Gasteiger partial charge in [0.1, 0.15) is 5.82 Å². The van der Waals surface area contributed by atoms with Crippen LogP contribution in [0.1, 0.15) is 11.1 Å². The lowest BCUT2D eigenvalue weighted by molar-refractivity contribution is -0.335. The van der Waals surface area contributed by atoms with Crippen LogP contribution >= 0.6 is 0 Å². The molecule has 2 aromatic rings. The van der Waals surface area contributed by atoms with E-state index in [0.29, 0.717) is 12.1 Å². The molecule has 0 saturated carbocycles. The number of rotatable bonds is 4. The minimum Gasteiger partial charge on any atom is -0.374 e. The van der Waals surface area contributed by atoms with Crippen molar-refractivity contribution in [2.45, 2.75) is 17.7 Å². The molecule has 0 saturated heterocycles. The first-order valence-corrected chi connectivity index (χ1v) is 6.76. The van der Waals surface area contributed by atoms with Gasteiger partial charge in [0.2, 0.25) is 0 Å². The fourth-order valence-electron chi connectivity index (χ4n) is 2.13. The summed E-state index contributed by atoms with van der Waals surface area (Å²) in [5, 5.41) is 10.2. The standard InChI is InChI=1S/C17H12F6O/c18-14-9-5-4-8-13(14)15(24,16(19,20)17(21,22)23)11-10-12-6-2-1-3-7-12/h1-11,24H/b11-10+. The van der Waals surface area contributed by atoms with E-state index in [4.69, 9.17) is 0 Å². The second kappa shape index (κ2) is 6.32. The molecule has 24 heavy (non-hydrogen) atoms. The Kier molecular flexibility index (Phi) is 4.75. The van der Waals surface area contributed by atoms with Crippen LogP contribution in [0.4, 0.5) is 26.3 Å². The van der Waals surface area contributed by atoms with Crippen LogP contribution in [0.15, 0.2) is 60.7 Å². The Morgan fingerprint density at radius 2 is 1.33 bits per heavy atom. The molecular formula is C17H12F6O. The summed E-state index contributed by atoms with van der Waals surface area (Å²) in [6, 6.07) is 11.1. The second-order valence-electron chi connectivity index (χ2n) is 5.06. The summed E-state index contributed by atoms with van der Waals surface area (Å²) < 4.78 is 80.2. The molecule has 7 heteroatoms. The first-order chi connectivity index (χ1) is 11.1. The van der Waals surface area contributed by atoms with E-state index in [0.717, 1.165) is 18.2 Å². The molecule has 2 aromatic carbocycles. The first-order valence-electron chi connectivity index (χ1n) is 6.76. The lowest BCUT2D eigenvalue weighted by atomic mass is 9.85. The molecular weight excluding hydrogens is 334 g/mol. The topological polar surface area (TPSA) is 20.2 Å². The van der Waals surface area contributed by atoms with Crippen molar-refractivity contribution in [1.82, 2.24) is 0 Å². The molecule has 1 atom stereocenters. The minimum absolute atomic E-state index is 0.258. The van der Waals surface area contributed by atoms with Gasteiger partial charge in [-0.1, -0.05) is 54.6 Å². The average molecular weight is 346 g/mol. The van der Waals surface area contributed by atoms with Crippen LogP contribution in [0.5, 0.6) is 0 Å². The van der Waals surface area contributed by atoms with Crippen LogP contribution in [0.25, 0.3) is 6.08 Å². The molecule has 0 spiro atoms. The van der Waals surface area contributed by atoms with Crippen LogP contribution in [-0.2, 0) is 5.60 Å². The number of halogens is 6. The second-order valence-corrected chi connectivity index (χ2v) is 5.06. The van der Waals surface area contributed by atoms with Gasteiger partial charge in [0, 0.05) is 5.56 Å². The Balaban J connectivity index is 2.62. The first kappa shape index (κ1) is 18.1. The summed E-state index contributed by atoms with van der Waals surface area (Å²) in [6.45, 7) is 0. The molecule has 0 heterocycles. The van der Waals surface area contributed by atoms with Crippen LogP contribution < -0.4 is 0 Å². The predicted octanol–water partition coefficient (Wildman–Crippen LogP) is 4.92. The summed E-state index contributed by atoms with van der Waals surface area (Å²) in [7, 11) is 0. The van der Waals surface area contributed by atoms with Gasteiger partial charge in [-0.25, -0.2) is 4.39 Å². The number of benzene rings is 2. The Hall–Kier alpha value is -2.28. The van der Waals surface area contributed by atoms with E-state index < -0.39 is 29.1 Å². The number of alkyl halides is 5. The maximum absolute atomic E-state index is 14.0. The predicted molar refractivity (Wildman–Crippen MR) is 76.8 cm³/mol. The van der Waals surface area contributed by atoms with Crippen LogP contribution in [0.3, 0.4) is 0 Å². The zero-order valence-electron chi connectivity index (χ0n) is 12.1. The van der Waals surface area contributed by atoms with Gasteiger partial charge in [0.25, 0.3) is 0 Å². The van der Waals surface area contributed by atoms with Crippen molar-refractivity contribution in [2.75, 3.05) is 0 Å². The highest BCUT2D eigenvalue weighted by atomic mass is 19.4. The highest BCUT2D eigenvalue weighted by Gasteiger charge is 2.70. The summed E-state index contributed by atoms with van der Waals surface area (Å²) in [4.78, 5) is 0. The van der Waals surface area contributed by atoms with Gasteiger partial charge in [-0.3, -0.25) is 0 Å². The fraction of sp³-hybridized carbons (Fsp3) is 0.176. The molecule has 2 rings (SSSR count). The molecule has 0 aromatic heterocycles. The maximum Gasteiger partial charge on any atom is 0.457 e. The van der Waals surface area contributed by atoms with Gasteiger partial charge >= 0.3 is 12.1 Å². The summed E-state index contributed by atoms with van der Waals surface area (Å²) in [5.74, 6) is -6.98. The van der Waals surface area contributed by atoms with Crippen molar-refractivity contribution in [2.24, 2.45) is 0 Å². The fourth-order valence-corrected chi connectivity index (χ4v) is 2.13. The third-order valence-corrected chi connectivity index (χ3v) is 3.44. The van der Waals surface area contributed by atoms with E-state index in [2.05, 4.69) is 0 Å². The van der Waals surface area contributed by atoms with E-state index >= 15 is 0 Å². The lowest BCUT2D eigenvalue weighted by Gasteiger charge is -2.35. The van der Waals surface area contributed by atoms with Gasteiger partial charge in [-0.2, -0.15) is 22.0 Å². The Morgan fingerprint density at radius 1 is 0.792 bits per heavy atom. The zero-order valence-corrected chi connectivity index (χ0v) is 12.1. The van der Waals surface area contributed by atoms with Crippen molar-refractivity contribution in [3.05, 3.63) is 77.6 Å². The van der Waals surface area contributed by atoms with Crippen molar-refractivity contribution >= 4 is 6.08 Å². The third-order valence-electron chi connectivity index (χ3n) is 3.44. The third kappa shape index (κ3) is 3.17. The molecule has 0 bridgehead atoms. The van der Waals surface area contributed by atoms with Crippen molar-refractivity contribution in [3.8, 4) is 0 Å². The Labute approximate surface area is 133 Å². The quantitative estimate of drug-likeness (QED) is 0.779. The summed E-state index contributed by atoms with van der Waals surface area (Å²) in [5.41, 5.74) is -4.79. The number of aliphatic hydroxyl groups is 1. The molecule has 0 fully saturated rings. The molecule has 1 unspecified atom stereocenters. The van der Waals surface area contributed by atoms with E-state index in [9.17, 15) is 31.4 Å². The normalized spacial score (nSPS) is 15.5. The van der Waals surface area contributed by atoms with E-state index in [1.165, 1.54) is 24.3 Å². The molecule has 0 aliphatic rings. The Bertz CT molecular complexity index is 723. The van der Waals surface area contributed by atoms with E-state index in [-0.39, 0.29) is 11.6 Å². The van der Waals surface area contributed by atoms with Crippen molar-refractivity contribution < 1.29 is 31.4 Å². The number of hydrogen-bond donors (Lipinski definition) is 1. The van der Waals surface area contributed by atoms with Gasteiger partial charge in [0.15, 0.2) is 5.60 Å². The highest BCUT2D eigenvalue weighted by molar-refractivity contribution is 5.52. The van der Waals surface area contributed by atoms with Crippen molar-refractivity contribution in [1.29, 1.82) is 0 Å². The number of hydrogen-bond acceptors (Lipinski definition) is 1. The van der Waals surface area contributed by atoms with Crippen LogP contribution in [0.2, 0.25) is 0 Å².